The van der Waals surface area contributed by atoms with Crippen LogP contribution in [-0.2, 0) is 4.79 Å². The molecule has 1 aromatic rings. The van der Waals surface area contributed by atoms with E-state index in [1.54, 1.807) is 0 Å². The van der Waals surface area contributed by atoms with Crippen molar-refractivity contribution in [3.63, 3.8) is 0 Å². The molecule has 0 radical (unpaired) electrons. The molecule has 0 atom stereocenters. The van der Waals surface area contributed by atoms with Gasteiger partial charge in [0.25, 0.3) is 6.43 Å². The number of carbonyl (C=O) groups is 1. The van der Waals surface area contributed by atoms with Gasteiger partial charge >= 0.3 is 0 Å². The molecular weight excluding hydrogens is 393 g/mol. The Morgan fingerprint density at radius 2 is 1.86 bits per heavy atom. The Kier molecular flexibility index (Phi) is 8.83. The minimum Gasteiger partial charge on any atom is -0.370 e. The van der Waals surface area contributed by atoms with Gasteiger partial charge in [-0.15, -0.1) is 24.0 Å². The van der Waals surface area contributed by atoms with E-state index in [4.69, 9.17) is 5.73 Å². The van der Waals surface area contributed by atoms with Crippen molar-refractivity contribution in [3.05, 3.63) is 29.3 Å². The summed E-state index contributed by atoms with van der Waals surface area (Å²) in [5.41, 5.74) is 8.51. The second-order valence-corrected chi connectivity index (χ2v) is 4.40. The Morgan fingerprint density at radius 1 is 1.29 bits per heavy atom. The maximum Gasteiger partial charge on any atom is 0.255 e. The number of guanidine groups is 1. The number of carbonyl (C=O) groups excluding carboxylic acids is 1. The minimum absolute atomic E-state index is 0. The monoisotopic (exact) mass is 412 g/mol. The molecule has 0 unspecified atom stereocenters. The smallest absolute Gasteiger partial charge is 0.255 e. The summed E-state index contributed by atoms with van der Waals surface area (Å²) in [5.74, 6) is -0.544. The van der Waals surface area contributed by atoms with Gasteiger partial charge in [-0.25, -0.2) is 13.8 Å². The quantitative estimate of drug-likeness (QED) is 0.394. The van der Waals surface area contributed by atoms with Crippen LogP contribution in [0.2, 0.25) is 0 Å². The average molecular weight is 412 g/mol. The van der Waals surface area contributed by atoms with Crippen LogP contribution in [0.3, 0.4) is 0 Å². The van der Waals surface area contributed by atoms with Crippen LogP contribution in [-0.4, -0.2) is 31.4 Å². The van der Waals surface area contributed by atoms with Crippen molar-refractivity contribution in [2.24, 2.45) is 10.7 Å². The third kappa shape index (κ3) is 8.43. The highest BCUT2D eigenvalue weighted by Crippen LogP contribution is 2.13. The Morgan fingerprint density at radius 3 is 2.38 bits per heavy atom. The van der Waals surface area contributed by atoms with Crippen molar-refractivity contribution in [2.75, 3.05) is 18.4 Å². The Hall–Kier alpha value is -1.45. The molecule has 8 heteroatoms. The molecule has 0 fully saturated rings. The van der Waals surface area contributed by atoms with Crippen molar-refractivity contribution >= 4 is 41.5 Å². The van der Waals surface area contributed by atoms with E-state index in [-0.39, 0.29) is 36.5 Å². The fourth-order valence-electron chi connectivity index (χ4n) is 1.64. The number of nitrogens with two attached hydrogens (primary N) is 1. The van der Waals surface area contributed by atoms with Gasteiger partial charge in [-0.2, -0.15) is 0 Å². The van der Waals surface area contributed by atoms with Crippen molar-refractivity contribution < 1.29 is 13.6 Å². The molecule has 0 saturated carbocycles. The summed E-state index contributed by atoms with van der Waals surface area (Å²) in [7, 11) is 0. The van der Waals surface area contributed by atoms with Crippen molar-refractivity contribution in [3.8, 4) is 0 Å². The van der Waals surface area contributed by atoms with E-state index in [1.165, 1.54) is 0 Å². The summed E-state index contributed by atoms with van der Waals surface area (Å²) in [5, 5.41) is 4.88. The van der Waals surface area contributed by atoms with Gasteiger partial charge in [-0.3, -0.25) is 4.79 Å². The van der Waals surface area contributed by atoms with Crippen LogP contribution in [0.1, 0.15) is 11.1 Å². The highest BCUT2D eigenvalue weighted by molar-refractivity contribution is 14.0. The third-order valence-corrected chi connectivity index (χ3v) is 2.34. The number of halogens is 3. The summed E-state index contributed by atoms with van der Waals surface area (Å²) >= 11 is 0. The predicted octanol–water partition coefficient (Wildman–Crippen LogP) is 2.03. The molecule has 1 amide bonds. The second-order valence-electron chi connectivity index (χ2n) is 4.40. The number of alkyl halides is 2. The summed E-state index contributed by atoms with van der Waals surface area (Å²) < 4.78 is 23.7. The number of nitrogens with one attached hydrogen (secondary N) is 2. The van der Waals surface area contributed by atoms with Crippen LogP contribution in [0.5, 0.6) is 0 Å². The largest absolute Gasteiger partial charge is 0.370 e. The maximum absolute atomic E-state index is 11.9. The molecule has 1 aromatic carbocycles. The molecule has 0 saturated heterocycles. The number of aryl methyl sites for hydroxylation is 2. The number of hydrogen-bond acceptors (Lipinski definition) is 2. The number of aliphatic imine (C=N–C) groups is 1. The molecule has 0 bridgehead atoms. The molecule has 1 rings (SSSR count). The summed E-state index contributed by atoms with van der Waals surface area (Å²) in [4.78, 5) is 15.0. The molecule has 0 aliphatic carbocycles. The molecule has 118 valence electrons. The maximum atomic E-state index is 11.9. The first-order valence-corrected chi connectivity index (χ1v) is 6.07. The zero-order valence-electron chi connectivity index (χ0n) is 11.8. The van der Waals surface area contributed by atoms with Gasteiger partial charge < -0.3 is 16.4 Å². The van der Waals surface area contributed by atoms with E-state index >= 15 is 0 Å². The normalized spacial score (nSPS) is 11.0. The fraction of sp³-hybridized carbons (Fsp3) is 0.385. The number of amides is 1. The van der Waals surface area contributed by atoms with Gasteiger partial charge in [-0.1, -0.05) is 6.07 Å². The average Bonchev–Trinajstić information content (AvgIpc) is 2.32. The van der Waals surface area contributed by atoms with E-state index in [0.717, 1.165) is 16.8 Å². The summed E-state index contributed by atoms with van der Waals surface area (Å²) in [6, 6.07) is 5.77. The van der Waals surface area contributed by atoms with Gasteiger partial charge in [-0.05, 0) is 37.1 Å². The van der Waals surface area contributed by atoms with Crippen molar-refractivity contribution in [1.29, 1.82) is 0 Å². The van der Waals surface area contributed by atoms with Gasteiger partial charge in [0.1, 0.15) is 6.54 Å². The summed E-state index contributed by atoms with van der Waals surface area (Å²) in [6.45, 7) is 2.92. The molecule has 0 aromatic heterocycles. The molecule has 0 spiro atoms. The van der Waals surface area contributed by atoms with E-state index in [9.17, 15) is 13.6 Å². The first-order chi connectivity index (χ1) is 9.36. The van der Waals surface area contributed by atoms with Gasteiger partial charge in [0.2, 0.25) is 5.91 Å². The summed E-state index contributed by atoms with van der Waals surface area (Å²) in [6.07, 6.45) is -2.58. The zero-order chi connectivity index (χ0) is 15.1. The number of anilines is 1. The van der Waals surface area contributed by atoms with Crippen LogP contribution in [0.25, 0.3) is 0 Å². The van der Waals surface area contributed by atoms with Crippen molar-refractivity contribution in [2.45, 2.75) is 20.3 Å². The first kappa shape index (κ1) is 19.6. The lowest BCUT2D eigenvalue weighted by molar-refractivity contribution is -0.120. The topological polar surface area (TPSA) is 79.5 Å². The molecule has 21 heavy (non-hydrogen) atoms. The SMILES string of the molecule is Cc1cc(C)cc(NC(N)=NCC(=O)NCC(F)F)c1.I. The zero-order valence-corrected chi connectivity index (χ0v) is 14.2. The molecule has 4 N–H and O–H groups in total. The lowest BCUT2D eigenvalue weighted by Crippen LogP contribution is -2.32. The van der Waals surface area contributed by atoms with Crippen LogP contribution in [0.15, 0.2) is 23.2 Å². The first-order valence-electron chi connectivity index (χ1n) is 6.07. The number of benzene rings is 1. The molecule has 0 heterocycles. The van der Waals surface area contributed by atoms with Crippen LogP contribution in [0, 0.1) is 13.8 Å². The molecule has 0 aliphatic rings. The minimum atomic E-state index is -2.58. The highest BCUT2D eigenvalue weighted by atomic mass is 127. The molecule has 5 nitrogen and oxygen atoms in total. The van der Waals surface area contributed by atoms with E-state index in [1.807, 2.05) is 37.4 Å². The molecule has 0 aliphatic heterocycles. The lowest BCUT2D eigenvalue weighted by Gasteiger charge is -2.08. The number of rotatable bonds is 5. The lowest BCUT2D eigenvalue weighted by atomic mass is 10.1. The predicted molar refractivity (Wildman–Crippen MR) is 90.5 cm³/mol. The molecular formula is C13H19F2IN4O. The van der Waals surface area contributed by atoms with Gasteiger partial charge in [0.15, 0.2) is 5.96 Å². The standard InChI is InChI=1S/C13H18F2N4O.HI/c1-8-3-9(2)5-10(4-8)19-13(16)18-7-12(20)17-6-11(14)15;/h3-5,11H,6-7H2,1-2H3,(H,17,20)(H3,16,18,19);1H. The van der Waals surface area contributed by atoms with Crippen molar-refractivity contribution in [1.82, 2.24) is 5.32 Å². The van der Waals surface area contributed by atoms with Gasteiger partial charge in [0, 0.05) is 5.69 Å². The van der Waals surface area contributed by atoms with Crippen LogP contribution in [0.4, 0.5) is 14.5 Å². The second kappa shape index (κ2) is 9.48. The van der Waals surface area contributed by atoms with Crippen LogP contribution < -0.4 is 16.4 Å². The Bertz CT molecular complexity index is 489. The van der Waals surface area contributed by atoms with E-state index in [2.05, 4.69) is 10.3 Å². The Labute approximate surface area is 139 Å². The van der Waals surface area contributed by atoms with E-state index in [0.29, 0.717) is 0 Å². The number of nitrogens with zero attached hydrogens (tertiary/aromatic N) is 1. The van der Waals surface area contributed by atoms with Gasteiger partial charge in [0.05, 0.1) is 6.54 Å². The van der Waals surface area contributed by atoms with E-state index < -0.39 is 18.9 Å². The highest BCUT2D eigenvalue weighted by Gasteiger charge is 2.05. The number of hydrogen-bond donors (Lipinski definition) is 3. The fourth-order valence-corrected chi connectivity index (χ4v) is 1.64. The van der Waals surface area contributed by atoms with Crippen LogP contribution >= 0.6 is 24.0 Å². The Balaban J connectivity index is 0.00000400. The third-order valence-electron chi connectivity index (χ3n) is 2.34.